The maximum absolute atomic E-state index is 12.2. The number of ketones is 3. The fourth-order valence-corrected chi connectivity index (χ4v) is 2.77. The molecule has 0 saturated heterocycles. The van der Waals surface area contributed by atoms with Crippen molar-refractivity contribution >= 4 is 23.1 Å². The molecule has 1 aliphatic carbocycles. The van der Waals surface area contributed by atoms with E-state index >= 15 is 0 Å². The average Bonchev–Trinajstić information content (AvgIpc) is 2.44. The summed E-state index contributed by atoms with van der Waals surface area (Å²) in [5.41, 5.74) is 0.622. The zero-order valence-corrected chi connectivity index (χ0v) is 11.4. The highest BCUT2D eigenvalue weighted by molar-refractivity contribution is 6.17. The van der Waals surface area contributed by atoms with Gasteiger partial charge in [-0.25, -0.2) is 0 Å². The Morgan fingerprint density at radius 2 is 1.76 bits per heavy atom. The third-order valence-corrected chi connectivity index (χ3v) is 4.02. The summed E-state index contributed by atoms with van der Waals surface area (Å²) in [6, 6.07) is 6.20. The highest BCUT2D eigenvalue weighted by Gasteiger charge is 2.48. The van der Waals surface area contributed by atoms with Gasteiger partial charge in [0.25, 0.3) is 0 Å². The lowest BCUT2D eigenvalue weighted by molar-refractivity contribution is -0.147. The van der Waals surface area contributed by atoms with Crippen LogP contribution >= 0.6 is 0 Å². The van der Waals surface area contributed by atoms with Gasteiger partial charge in [0.2, 0.25) is 0 Å². The monoisotopic (exact) mass is 286 g/mol. The molecular weight excluding hydrogens is 272 g/mol. The van der Waals surface area contributed by atoms with Gasteiger partial charge in [0, 0.05) is 11.6 Å². The van der Waals surface area contributed by atoms with E-state index in [2.05, 4.69) is 0 Å². The van der Waals surface area contributed by atoms with Crippen molar-refractivity contribution in [3.8, 4) is 5.75 Å². The summed E-state index contributed by atoms with van der Waals surface area (Å²) in [6.07, 6.45) is 0.369. The number of carbonyl (C=O) groups is 3. The van der Waals surface area contributed by atoms with Gasteiger partial charge in [-0.2, -0.15) is 0 Å². The molecule has 108 valence electrons. The summed E-state index contributed by atoms with van der Waals surface area (Å²) in [4.78, 5) is 35.9. The van der Waals surface area contributed by atoms with E-state index < -0.39 is 17.9 Å². The van der Waals surface area contributed by atoms with Crippen molar-refractivity contribution in [1.29, 1.82) is 0 Å². The van der Waals surface area contributed by atoms with Crippen LogP contribution in [0, 0.1) is 11.8 Å². The minimum absolute atomic E-state index is 0.107. The van der Waals surface area contributed by atoms with Gasteiger partial charge in [-0.05, 0) is 24.3 Å². The summed E-state index contributed by atoms with van der Waals surface area (Å²) in [7, 11) is 0. The first-order valence-electron chi connectivity index (χ1n) is 6.74. The van der Waals surface area contributed by atoms with Crippen LogP contribution in [0.3, 0.4) is 0 Å². The minimum atomic E-state index is -0.876. The van der Waals surface area contributed by atoms with Crippen LogP contribution in [-0.2, 0) is 19.1 Å². The second-order valence-corrected chi connectivity index (χ2v) is 5.42. The number of hydrogen-bond donors (Lipinski definition) is 1. The lowest BCUT2D eigenvalue weighted by atomic mass is 9.74. The van der Waals surface area contributed by atoms with Gasteiger partial charge >= 0.3 is 0 Å². The number of phenolic OH excluding ortho intramolecular Hbond substituents is 1. The van der Waals surface area contributed by atoms with E-state index in [4.69, 9.17) is 4.74 Å². The molecular formula is C16H14O5. The molecule has 1 aliphatic heterocycles. The van der Waals surface area contributed by atoms with E-state index in [1.54, 1.807) is 19.1 Å². The number of aromatic hydroxyl groups is 1. The second-order valence-electron chi connectivity index (χ2n) is 5.42. The Morgan fingerprint density at radius 1 is 1.10 bits per heavy atom. The van der Waals surface area contributed by atoms with Crippen molar-refractivity contribution in [3.05, 3.63) is 35.9 Å². The molecule has 5 nitrogen and oxygen atoms in total. The second kappa shape index (κ2) is 4.84. The molecule has 0 radical (unpaired) electrons. The topological polar surface area (TPSA) is 80.7 Å². The van der Waals surface area contributed by atoms with Crippen molar-refractivity contribution in [2.75, 3.05) is 0 Å². The Bertz CT molecular complexity index is 656. The van der Waals surface area contributed by atoms with Gasteiger partial charge in [0.15, 0.2) is 11.6 Å². The average molecular weight is 286 g/mol. The molecule has 2 aliphatic rings. The lowest BCUT2D eigenvalue weighted by Gasteiger charge is -2.36. The van der Waals surface area contributed by atoms with Crippen LogP contribution in [0.5, 0.6) is 5.75 Å². The van der Waals surface area contributed by atoms with Crippen LogP contribution in [0.4, 0.5) is 0 Å². The number of ether oxygens (including phenoxy) is 1. The molecule has 1 heterocycles. The van der Waals surface area contributed by atoms with Crippen LogP contribution in [0.2, 0.25) is 0 Å². The largest absolute Gasteiger partial charge is 0.508 e. The Labute approximate surface area is 121 Å². The van der Waals surface area contributed by atoms with Gasteiger partial charge in [-0.15, -0.1) is 0 Å². The molecule has 3 atom stereocenters. The van der Waals surface area contributed by atoms with E-state index in [1.165, 1.54) is 18.2 Å². The zero-order valence-electron chi connectivity index (χ0n) is 11.4. The van der Waals surface area contributed by atoms with Crippen molar-refractivity contribution in [3.63, 3.8) is 0 Å². The van der Waals surface area contributed by atoms with E-state index in [1.807, 2.05) is 0 Å². The molecule has 5 heteroatoms. The van der Waals surface area contributed by atoms with E-state index in [9.17, 15) is 19.5 Å². The lowest BCUT2D eigenvalue weighted by Crippen LogP contribution is -2.49. The first-order valence-corrected chi connectivity index (χ1v) is 6.74. The normalized spacial score (nSPS) is 28.7. The molecule has 0 bridgehead atoms. The number of Topliss-reactive ketones (excluding diaryl/α,β-unsaturated/α-hetero) is 2. The Morgan fingerprint density at radius 3 is 2.43 bits per heavy atom. The molecule has 0 aromatic heterocycles. The minimum Gasteiger partial charge on any atom is -0.508 e. The SMILES string of the molecule is CC1C(=O)CC(=O)C2C(=O)C=C(c3ccc(O)cc3)OC12. The predicted octanol–water partition coefficient (Wildman–Crippen LogP) is 1.50. The molecule has 3 unspecified atom stereocenters. The maximum atomic E-state index is 12.2. The molecule has 1 aromatic carbocycles. The predicted molar refractivity (Wildman–Crippen MR) is 73.2 cm³/mol. The molecule has 1 aromatic rings. The van der Waals surface area contributed by atoms with Gasteiger partial charge in [-0.3, -0.25) is 14.4 Å². The third kappa shape index (κ3) is 2.24. The number of carbonyl (C=O) groups excluding carboxylic acids is 3. The summed E-state index contributed by atoms with van der Waals surface area (Å²) in [6.45, 7) is 1.68. The van der Waals surface area contributed by atoms with Crippen molar-refractivity contribution in [2.45, 2.75) is 19.4 Å². The Balaban J connectivity index is 1.98. The van der Waals surface area contributed by atoms with Gasteiger partial charge in [0.1, 0.15) is 29.3 Å². The van der Waals surface area contributed by atoms with Gasteiger partial charge in [0.05, 0.1) is 12.3 Å². The van der Waals surface area contributed by atoms with E-state index in [0.29, 0.717) is 11.3 Å². The van der Waals surface area contributed by atoms with Crippen molar-refractivity contribution in [2.24, 2.45) is 11.8 Å². The molecule has 1 N–H and O–H groups in total. The smallest absolute Gasteiger partial charge is 0.173 e. The molecule has 0 amide bonds. The van der Waals surface area contributed by atoms with Crippen molar-refractivity contribution in [1.82, 2.24) is 0 Å². The molecule has 3 rings (SSSR count). The fourth-order valence-electron chi connectivity index (χ4n) is 2.77. The quantitative estimate of drug-likeness (QED) is 0.791. The fraction of sp³-hybridized carbons (Fsp3) is 0.312. The summed E-state index contributed by atoms with van der Waals surface area (Å²) < 4.78 is 5.76. The summed E-state index contributed by atoms with van der Waals surface area (Å²) >= 11 is 0. The maximum Gasteiger partial charge on any atom is 0.173 e. The summed E-state index contributed by atoms with van der Waals surface area (Å²) in [5.74, 6) is -1.81. The number of hydrogen-bond acceptors (Lipinski definition) is 5. The third-order valence-electron chi connectivity index (χ3n) is 4.02. The van der Waals surface area contributed by atoms with Crippen LogP contribution < -0.4 is 0 Å². The standard InChI is InChI=1S/C16H14O5/c1-8-11(18)6-12(19)15-13(20)7-14(21-16(8)15)9-2-4-10(17)5-3-9/h2-5,7-8,15-17H,6H2,1H3. The zero-order chi connectivity index (χ0) is 15.1. The highest BCUT2D eigenvalue weighted by Crippen LogP contribution is 2.36. The number of rotatable bonds is 1. The first kappa shape index (κ1) is 13.5. The number of phenols is 1. The Kier molecular flexibility index (Phi) is 3.12. The molecule has 1 saturated carbocycles. The van der Waals surface area contributed by atoms with Crippen LogP contribution in [0.1, 0.15) is 18.9 Å². The first-order chi connectivity index (χ1) is 9.97. The van der Waals surface area contributed by atoms with Crippen molar-refractivity contribution < 1.29 is 24.2 Å². The summed E-state index contributed by atoms with van der Waals surface area (Å²) in [5, 5.41) is 9.29. The molecule has 1 fully saturated rings. The van der Waals surface area contributed by atoms with E-state index in [-0.39, 0.29) is 29.5 Å². The number of allylic oxidation sites excluding steroid dienone is 1. The highest BCUT2D eigenvalue weighted by atomic mass is 16.5. The van der Waals surface area contributed by atoms with Crippen LogP contribution in [-0.4, -0.2) is 28.6 Å². The van der Waals surface area contributed by atoms with Crippen LogP contribution in [0.25, 0.3) is 5.76 Å². The number of fused-ring (bicyclic) bond motifs is 1. The number of benzene rings is 1. The molecule has 21 heavy (non-hydrogen) atoms. The van der Waals surface area contributed by atoms with E-state index in [0.717, 1.165) is 0 Å². The molecule has 0 spiro atoms. The Hall–Kier alpha value is -2.43. The van der Waals surface area contributed by atoms with Gasteiger partial charge in [-0.1, -0.05) is 6.92 Å². The van der Waals surface area contributed by atoms with Crippen LogP contribution in [0.15, 0.2) is 30.3 Å². The van der Waals surface area contributed by atoms with Gasteiger partial charge < -0.3 is 9.84 Å².